The number of amides is 1. The molecule has 2 heteroatoms. The van der Waals surface area contributed by atoms with E-state index in [4.69, 9.17) is 0 Å². The fraction of sp³-hybridized carbons (Fsp3) is 0.741. The summed E-state index contributed by atoms with van der Waals surface area (Å²) in [7, 11) is 0. The first-order valence-electron chi connectivity index (χ1n) is 12.4. The molecule has 2 nitrogen and oxygen atoms in total. The lowest BCUT2D eigenvalue weighted by Gasteiger charge is -2.56. The van der Waals surface area contributed by atoms with E-state index in [2.05, 4.69) is 43.4 Å². The number of fused-ring (bicyclic) bond motifs is 5. The number of hydrogen-bond acceptors (Lipinski definition) is 1. The van der Waals surface area contributed by atoms with E-state index in [0.717, 1.165) is 41.9 Å². The number of carbonyl (C=O) groups excluding carboxylic acids is 1. The molecule has 8 atom stereocenters. The molecule has 8 unspecified atom stereocenters. The van der Waals surface area contributed by atoms with Crippen molar-refractivity contribution in [2.24, 2.45) is 46.8 Å². The number of hydrogen-bond donors (Lipinski definition) is 1. The number of rotatable bonds is 3. The zero-order chi connectivity index (χ0) is 20.0. The standard InChI is InChI=1S/C27H39NO/c1-18-8-10-21-20(16-18)9-11-23-22(21)14-15-27(2)24(23)12-13-25(27)26(29)28-17-19-6-4-3-5-7-19/h3-7,18,20-25H,8-17H2,1-2H3,(H,28,29). The summed E-state index contributed by atoms with van der Waals surface area (Å²) in [6, 6.07) is 10.4. The molecule has 0 saturated heterocycles. The van der Waals surface area contributed by atoms with E-state index < -0.39 is 0 Å². The van der Waals surface area contributed by atoms with Crippen LogP contribution in [0.3, 0.4) is 0 Å². The average molecular weight is 394 g/mol. The van der Waals surface area contributed by atoms with Crippen LogP contribution in [0.1, 0.15) is 77.2 Å². The fourth-order valence-corrected chi connectivity index (χ4v) is 8.43. The molecule has 1 aromatic carbocycles. The Morgan fingerprint density at radius 3 is 2.59 bits per heavy atom. The highest BCUT2D eigenvalue weighted by Crippen LogP contribution is 2.64. The van der Waals surface area contributed by atoms with Crippen LogP contribution in [0.4, 0.5) is 0 Å². The van der Waals surface area contributed by atoms with E-state index in [1.54, 1.807) is 0 Å². The molecule has 0 aliphatic heterocycles. The quantitative estimate of drug-likeness (QED) is 0.650. The molecule has 4 aliphatic carbocycles. The lowest BCUT2D eigenvalue weighted by molar-refractivity contribution is -0.132. The summed E-state index contributed by atoms with van der Waals surface area (Å²) in [6.07, 6.45) is 12.4. The topological polar surface area (TPSA) is 29.1 Å². The lowest BCUT2D eigenvalue weighted by Crippen LogP contribution is -2.50. The van der Waals surface area contributed by atoms with Crippen LogP contribution in [0, 0.1) is 46.8 Å². The summed E-state index contributed by atoms with van der Waals surface area (Å²) in [5.74, 6) is 6.15. The fourth-order valence-electron chi connectivity index (χ4n) is 8.43. The maximum Gasteiger partial charge on any atom is 0.223 e. The van der Waals surface area contributed by atoms with Gasteiger partial charge in [-0.15, -0.1) is 0 Å². The molecule has 0 aromatic heterocycles. The van der Waals surface area contributed by atoms with Crippen molar-refractivity contribution in [2.45, 2.75) is 78.2 Å². The Hall–Kier alpha value is -1.31. The summed E-state index contributed by atoms with van der Waals surface area (Å²) in [6.45, 7) is 5.61. The highest BCUT2D eigenvalue weighted by atomic mass is 16.1. The zero-order valence-corrected chi connectivity index (χ0v) is 18.4. The van der Waals surface area contributed by atoms with Crippen LogP contribution in [0.5, 0.6) is 0 Å². The van der Waals surface area contributed by atoms with E-state index in [9.17, 15) is 4.79 Å². The average Bonchev–Trinajstić information content (AvgIpc) is 3.09. The first kappa shape index (κ1) is 19.6. The molecule has 1 N–H and O–H groups in total. The first-order valence-corrected chi connectivity index (χ1v) is 12.4. The van der Waals surface area contributed by atoms with Crippen LogP contribution < -0.4 is 5.32 Å². The predicted octanol–water partition coefficient (Wildman–Crippen LogP) is 6.21. The van der Waals surface area contributed by atoms with Gasteiger partial charge in [0, 0.05) is 12.5 Å². The van der Waals surface area contributed by atoms with E-state index in [0.29, 0.717) is 12.5 Å². The number of carbonyl (C=O) groups is 1. The summed E-state index contributed by atoms with van der Waals surface area (Å²) in [5, 5.41) is 3.28. The molecular formula is C27H39NO. The SMILES string of the molecule is CC1CCC2C(CCC3C2CCC2(C)C(C(=O)NCc4ccccc4)CCC32)C1. The number of nitrogens with one attached hydrogen (secondary N) is 1. The smallest absolute Gasteiger partial charge is 0.223 e. The molecule has 0 heterocycles. The summed E-state index contributed by atoms with van der Waals surface area (Å²) < 4.78 is 0. The summed E-state index contributed by atoms with van der Waals surface area (Å²) >= 11 is 0. The van der Waals surface area contributed by atoms with Gasteiger partial charge in [-0.2, -0.15) is 0 Å². The Kier molecular flexibility index (Phi) is 5.25. The van der Waals surface area contributed by atoms with Crippen LogP contribution >= 0.6 is 0 Å². The highest BCUT2D eigenvalue weighted by molar-refractivity contribution is 5.80. The Morgan fingerprint density at radius 1 is 0.966 bits per heavy atom. The molecule has 0 bridgehead atoms. The zero-order valence-electron chi connectivity index (χ0n) is 18.4. The Balaban J connectivity index is 1.27. The number of benzene rings is 1. The highest BCUT2D eigenvalue weighted by Gasteiger charge is 2.58. The molecule has 4 saturated carbocycles. The monoisotopic (exact) mass is 393 g/mol. The van der Waals surface area contributed by atoms with Crippen molar-refractivity contribution in [2.75, 3.05) is 0 Å². The van der Waals surface area contributed by atoms with E-state index in [1.165, 1.54) is 56.9 Å². The van der Waals surface area contributed by atoms with Crippen LogP contribution in [0.25, 0.3) is 0 Å². The van der Waals surface area contributed by atoms with E-state index in [1.807, 2.05) is 6.07 Å². The minimum Gasteiger partial charge on any atom is -0.352 e. The molecule has 4 fully saturated rings. The van der Waals surface area contributed by atoms with Crippen molar-refractivity contribution in [3.63, 3.8) is 0 Å². The van der Waals surface area contributed by atoms with Gasteiger partial charge in [0.1, 0.15) is 0 Å². The van der Waals surface area contributed by atoms with Gasteiger partial charge in [-0.3, -0.25) is 4.79 Å². The third kappa shape index (κ3) is 3.45. The van der Waals surface area contributed by atoms with Gasteiger partial charge in [-0.25, -0.2) is 0 Å². The molecule has 4 aliphatic rings. The Bertz CT molecular complexity index is 729. The molecule has 0 radical (unpaired) electrons. The van der Waals surface area contributed by atoms with Gasteiger partial charge in [0.05, 0.1) is 0 Å². The summed E-state index contributed by atoms with van der Waals surface area (Å²) in [5.41, 5.74) is 1.44. The van der Waals surface area contributed by atoms with Crippen molar-refractivity contribution < 1.29 is 4.79 Å². The van der Waals surface area contributed by atoms with E-state index >= 15 is 0 Å². The molecule has 1 amide bonds. The third-order valence-electron chi connectivity index (χ3n) is 9.84. The third-order valence-corrected chi connectivity index (χ3v) is 9.84. The summed E-state index contributed by atoms with van der Waals surface area (Å²) in [4.78, 5) is 13.2. The normalized spacial score (nSPS) is 43.7. The molecule has 5 rings (SSSR count). The van der Waals surface area contributed by atoms with Crippen molar-refractivity contribution >= 4 is 5.91 Å². The van der Waals surface area contributed by atoms with Crippen molar-refractivity contribution in [3.05, 3.63) is 35.9 Å². The Morgan fingerprint density at radius 2 is 1.76 bits per heavy atom. The lowest BCUT2D eigenvalue weighted by atomic mass is 9.49. The predicted molar refractivity (Wildman–Crippen MR) is 118 cm³/mol. The van der Waals surface area contributed by atoms with Gasteiger partial charge >= 0.3 is 0 Å². The molecular weight excluding hydrogens is 354 g/mol. The van der Waals surface area contributed by atoms with Crippen molar-refractivity contribution in [1.29, 1.82) is 0 Å². The van der Waals surface area contributed by atoms with Crippen LogP contribution in [-0.2, 0) is 11.3 Å². The maximum atomic E-state index is 13.2. The molecule has 0 spiro atoms. The van der Waals surface area contributed by atoms with Crippen LogP contribution in [0.2, 0.25) is 0 Å². The second kappa shape index (κ2) is 7.75. The Labute approximate surface area is 177 Å². The first-order chi connectivity index (χ1) is 14.1. The van der Waals surface area contributed by atoms with Gasteiger partial charge in [0.25, 0.3) is 0 Å². The van der Waals surface area contributed by atoms with E-state index in [-0.39, 0.29) is 11.3 Å². The van der Waals surface area contributed by atoms with Gasteiger partial charge in [0.2, 0.25) is 5.91 Å². The molecule has 158 valence electrons. The van der Waals surface area contributed by atoms with Gasteiger partial charge in [-0.1, -0.05) is 50.6 Å². The maximum absolute atomic E-state index is 13.2. The molecule has 29 heavy (non-hydrogen) atoms. The largest absolute Gasteiger partial charge is 0.352 e. The van der Waals surface area contributed by atoms with Gasteiger partial charge < -0.3 is 5.32 Å². The van der Waals surface area contributed by atoms with Gasteiger partial charge in [-0.05, 0) is 97.9 Å². The minimum atomic E-state index is 0.223. The van der Waals surface area contributed by atoms with Gasteiger partial charge in [0.15, 0.2) is 0 Å². The van der Waals surface area contributed by atoms with Crippen molar-refractivity contribution in [3.8, 4) is 0 Å². The molecule has 1 aromatic rings. The second-order valence-electron chi connectivity index (χ2n) is 11.2. The second-order valence-corrected chi connectivity index (χ2v) is 11.2. The van der Waals surface area contributed by atoms with Crippen molar-refractivity contribution in [1.82, 2.24) is 5.32 Å². The van der Waals surface area contributed by atoms with Crippen LogP contribution in [-0.4, -0.2) is 5.91 Å². The minimum absolute atomic E-state index is 0.223. The van der Waals surface area contributed by atoms with Crippen LogP contribution in [0.15, 0.2) is 30.3 Å².